The molecule has 0 fully saturated rings. The number of nitrogens with one attached hydrogen (secondary N) is 1. The Kier molecular flexibility index (Phi) is 2.78. The molecule has 2 rings (SSSR count). The van der Waals surface area contributed by atoms with Gasteiger partial charge in [0.25, 0.3) is 5.92 Å². The van der Waals surface area contributed by atoms with E-state index < -0.39 is 19.0 Å². The SMILES string of the molecule is OCCC(F)(F)c1cc2c([nH]1)CCCC2. The first-order valence-electron chi connectivity index (χ1n) is 5.33. The molecule has 1 aromatic heterocycles. The zero-order valence-electron chi connectivity index (χ0n) is 8.52. The highest BCUT2D eigenvalue weighted by Gasteiger charge is 2.33. The number of aromatic nitrogens is 1. The Labute approximate surface area is 87.3 Å². The summed E-state index contributed by atoms with van der Waals surface area (Å²) in [6.45, 7) is -0.489. The first kappa shape index (κ1) is 10.6. The van der Waals surface area contributed by atoms with Crippen molar-refractivity contribution in [3.05, 3.63) is 23.0 Å². The van der Waals surface area contributed by atoms with E-state index in [4.69, 9.17) is 5.11 Å². The summed E-state index contributed by atoms with van der Waals surface area (Å²) in [6, 6.07) is 1.56. The number of hydrogen-bond donors (Lipinski definition) is 2. The second-order valence-corrected chi connectivity index (χ2v) is 4.07. The molecule has 0 saturated heterocycles. The number of aliphatic hydroxyl groups excluding tert-OH is 1. The maximum Gasteiger partial charge on any atom is 0.289 e. The molecule has 0 radical (unpaired) electrons. The van der Waals surface area contributed by atoms with Crippen molar-refractivity contribution in [2.45, 2.75) is 38.0 Å². The third kappa shape index (κ3) is 2.04. The standard InChI is InChI=1S/C11H15F2NO/c12-11(13,5-6-15)10-7-8-3-1-2-4-9(8)14-10/h7,14-15H,1-6H2. The maximum atomic E-state index is 13.5. The van der Waals surface area contributed by atoms with Gasteiger partial charge in [-0.25, -0.2) is 0 Å². The van der Waals surface area contributed by atoms with E-state index in [1.54, 1.807) is 6.07 Å². The lowest BCUT2D eigenvalue weighted by atomic mass is 9.98. The highest BCUT2D eigenvalue weighted by atomic mass is 19.3. The topological polar surface area (TPSA) is 36.0 Å². The molecule has 0 unspecified atom stereocenters. The van der Waals surface area contributed by atoms with Crippen LogP contribution in [0, 0.1) is 0 Å². The van der Waals surface area contributed by atoms with Crippen molar-refractivity contribution in [2.75, 3.05) is 6.61 Å². The van der Waals surface area contributed by atoms with Gasteiger partial charge in [-0.3, -0.25) is 0 Å². The third-order valence-corrected chi connectivity index (χ3v) is 2.93. The number of H-pyrrole nitrogens is 1. The van der Waals surface area contributed by atoms with Gasteiger partial charge < -0.3 is 10.1 Å². The van der Waals surface area contributed by atoms with Gasteiger partial charge in [0.1, 0.15) is 0 Å². The maximum absolute atomic E-state index is 13.5. The average molecular weight is 215 g/mol. The van der Waals surface area contributed by atoms with Crippen molar-refractivity contribution in [1.82, 2.24) is 4.98 Å². The molecule has 0 bridgehead atoms. The summed E-state index contributed by atoms with van der Waals surface area (Å²) in [5.74, 6) is -2.92. The molecule has 4 heteroatoms. The van der Waals surface area contributed by atoms with Gasteiger partial charge in [-0.05, 0) is 37.3 Å². The highest BCUT2D eigenvalue weighted by Crippen LogP contribution is 2.33. The van der Waals surface area contributed by atoms with Gasteiger partial charge in [0.2, 0.25) is 0 Å². The summed E-state index contributed by atoms with van der Waals surface area (Å²) in [7, 11) is 0. The van der Waals surface area contributed by atoms with Crippen LogP contribution in [0.2, 0.25) is 0 Å². The first-order valence-corrected chi connectivity index (χ1v) is 5.33. The number of aromatic amines is 1. The Bertz CT molecular complexity index is 323. The summed E-state index contributed by atoms with van der Waals surface area (Å²) in [6.07, 6.45) is 3.40. The van der Waals surface area contributed by atoms with Crippen LogP contribution < -0.4 is 0 Å². The Balaban J connectivity index is 2.25. The Morgan fingerprint density at radius 1 is 1.33 bits per heavy atom. The fourth-order valence-corrected chi connectivity index (χ4v) is 2.08. The third-order valence-electron chi connectivity index (χ3n) is 2.93. The van der Waals surface area contributed by atoms with Gasteiger partial charge >= 0.3 is 0 Å². The quantitative estimate of drug-likeness (QED) is 0.797. The minimum Gasteiger partial charge on any atom is -0.396 e. The number of alkyl halides is 2. The molecular weight excluding hydrogens is 200 g/mol. The minimum atomic E-state index is -2.92. The van der Waals surface area contributed by atoms with Crippen LogP contribution in [-0.2, 0) is 18.8 Å². The smallest absolute Gasteiger partial charge is 0.289 e. The van der Waals surface area contributed by atoms with Crippen molar-refractivity contribution in [3.8, 4) is 0 Å². The van der Waals surface area contributed by atoms with Crippen molar-refractivity contribution >= 4 is 0 Å². The summed E-state index contributed by atoms with van der Waals surface area (Å²) in [4.78, 5) is 2.80. The summed E-state index contributed by atoms with van der Waals surface area (Å²) < 4.78 is 26.9. The number of hydrogen-bond acceptors (Lipinski definition) is 1. The lowest BCUT2D eigenvalue weighted by molar-refractivity contribution is -0.0306. The van der Waals surface area contributed by atoms with Crippen LogP contribution in [0.5, 0.6) is 0 Å². The second kappa shape index (κ2) is 3.93. The van der Waals surface area contributed by atoms with E-state index in [9.17, 15) is 8.78 Å². The van der Waals surface area contributed by atoms with Crippen LogP contribution in [0.25, 0.3) is 0 Å². The summed E-state index contributed by atoms with van der Waals surface area (Å²) >= 11 is 0. The van der Waals surface area contributed by atoms with E-state index in [0.29, 0.717) is 0 Å². The monoisotopic (exact) mass is 215 g/mol. The number of halogens is 2. The van der Waals surface area contributed by atoms with E-state index in [1.807, 2.05) is 0 Å². The van der Waals surface area contributed by atoms with Gasteiger partial charge in [-0.2, -0.15) is 8.78 Å². The van der Waals surface area contributed by atoms with Crippen molar-refractivity contribution in [3.63, 3.8) is 0 Å². The lowest BCUT2D eigenvalue weighted by Crippen LogP contribution is -2.15. The van der Waals surface area contributed by atoms with Gasteiger partial charge in [-0.15, -0.1) is 0 Å². The number of aryl methyl sites for hydroxylation is 2. The summed E-state index contributed by atoms with van der Waals surface area (Å²) in [5, 5.41) is 8.57. The Morgan fingerprint density at radius 2 is 2.07 bits per heavy atom. The number of rotatable bonds is 3. The molecule has 1 aliphatic rings. The van der Waals surface area contributed by atoms with Crippen LogP contribution in [0.15, 0.2) is 6.07 Å². The van der Waals surface area contributed by atoms with E-state index in [-0.39, 0.29) is 5.69 Å². The molecule has 1 heterocycles. The Morgan fingerprint density at radius 3 is 2.73 bits per heavy atom. The zero-order chi connectivity index (χ0) is 10.9. The van der Waals surface area contributed by atoms with Crippen molar-refractivity contribution in [1.29, 1.82) is 0 Å². The molecule has 1 aliphatic carbocycles. The van der Waals surface area contributed by atoms with Gasteiger partial charge in [0.05, 0.1) is 5.69 Å². The number of fused-ring (bicyclic) bond motifs is 1. The van der Waals surface area contributed by atoms with Gasteiger partial charge in [-0.1, -0.05) is 0 Å². The van der Waals surface area contributed by atoms with Gasteiger partial charge in [0.15, 0.2) is 0 Å². The molecule has 0 saturated carbocycles. The van der Waals surface area contributed by atoms with E-state index >= 15 is 0 Å². The van der Waals surface area contributed by atoms with Crippen LogP contribution in [0.3, 0.4) is 0 Å². The van der Waals surface area contributed by atoms with Crippen LogP contribution in [0.4, 0.5) is 8.78 Å². The molecule has 0 aliphatic heterocycles. The largest absolute Gasteiger partial charge is 0.396 e. The summed E-state index contributed by atoms with van der Waals surface area (Å²) in [5.41, 5.74) is 1.94. The molecule has 2 nitrogen and oxygen atoms in total. The van der Waals surface area contributed by atoms with Crippen LogP contribution >= 0.6 is 0 Å². The van der Waals surface area contributed by atoms with Crippen molar-refractivity contribution < 1.29 is 13.9 Å². The second-order valence-electron chi connectivity index (χ2n) is 4.07. The van der Waals surface area contributed by atoms with Crippen LogP contribution in [-0.4, -0.2) is 16.7 Å². The molecule has 84 valence electrons. The predicted octanol–water partition coefficient (Wildman–Crippen LogP) is 2.37. The zero-order valence-corrected chi connectivity index (χ0v) is 8.52. The molecule has 1 aromatic rings. The van der Waals surface area contributed by atoms with Gasteiger partial charge in [0, 0.05) is 18.7 Å². The average Bonchev–Trinajstić information content (AvgIpc) is 2.61. The van der Waals surface area contributed by atoms with E-state index in [1.165, 1.54) is 0 Å². The molecule has 0 amide bonds. The number of aliphatic hydroxyl groups is 1. The van der Waals surface area contributed by atoms with E-state index in [0.717, 1.165) is 36.9 Å². The molecule has 0 aromatic carbocycles. The first-order chi connectivity index (χ1) is 7.13. The van der Waals surface area contributed by atoms with Crippen molar-refractivity contribution in [2.24, 2.45) is 0 Å². The van der Waals surface area contributed by atoms with E-state index in [2.05, 4.69) is 4.98 Å². The Hall–Kier alpha value is -0.900. The predicted molar refractivity (Wildman–Crippen MR) is 53.0 cm³/mol. The minimum absolute atomic E-state index is 0.0385. The molecule has 2 N–H and O–H groups in total. The van der Waals surface area contributed by atoms with Crippen LogP contribution in [0.1, 0.15) is 36.2 Å². The fourth-order valence-electron chi connectivity index (χ4n) is 2.08. The lowest BCUT2D eigenvalue weighted by Gasteiger charge is -2.12. The normalized spacial score (nSPS) is 16.5. The molecule has 0 atom stereocenters. The highest BCUT2D eigenvalue weighted by molar-refractivity contribution is 5.30. The molecular formula is C11H15F2NO. The molecule has 0 spiro atoms. The molecule has 15 heavy (non-hydrogen) atoms. The fraction of sp³-hybridized carbons (Fsp3) is 0.636.